The van der Waals surface area contributed by atoms with Gasteiger partial charge in [0.15, 0.2) is 0 Å². The Bertz CT molecular complexity index is 1220. The molecule has 40 heavy (non-hydrogen) atoms. The fourth-order valence-corrected chi connectivity index (χ4v) is 11.1. The lowest BCUT2D eigenvalue weighted by atomic mass is 9.35. The van der Waals surface area contributed by atoms with Crippen LogP contribution in [-0.2, 0) is 33.3 Å². The number of carbonyl (C=O) groups excluding carboxylic acids is 3. The maximum Gasteiger partial charge on any atom is 0.302 e. The van der Waals surface area contributed by atoms with Gasteiger partial charge >= 0.3 is 17.9 Å². The second kappa shape index (κ2) is 8.59. The van der Waals surface area contributed by atoms with Gasteiger partial charge in [-0.15, -0.1) is 0 Å². The Kier molecular flexibility index (Phi) is 5.97. The van der Waals surface area contributed by atoms with Crippen molar-refractivity contribution in [3.05, 3.63) is 24.2 Å². The highest BCUT2D eigenvalue weighted by molar-refractivity contribution is 5.67. The predicted molar refractivity (Wildman–Crippen MR) is 144 cm³/mol. The first kappa shape index (κ1) is 27.8. The fourth-order valence-electron chi connectivity index (χ4n) is 11.1. The Balaban J connectivity index is 1.50. The predicted octanol–water partition coefficient (Wildman–Crippen LogP) is 5.58. The number of ether oxygens (including phenoxy) is 4. The van der Waals surface area contributed by atoms with Crippen LogP contribution in [0.4, 0.5) is 0 Å². The molecule has 11 atom stereocenters. The summed E-state index contributed by atoms with van der Waals surface area (Å²) in [6, 6.07) is 2.07. The Morgan fingerprint density at radius 3 is 2.05 bits per heavy atom. The van der Waals surface area contributed by atoms with Crippen molar-refractivity contribution in [3.8, 4) is 0 Å². The molecule has 1 aromatic heterocycles. The Labute approximate surface area is 236 Å². The smallest absolute Gasteiger partial charge is 0.302 e. The zero-order chi connectivity index (χ0) is 29.0. The lowest BCUT2D eigenvalue weighted by Crippen LogP contribution is -2.74. The van der Waals surface area contributed by atoms with Crippen LogP contribution in [0.1, 0.15) is 99.0 Å². The van der Waals surface area contributed by atoms with Crippen molar-refractivity contribution < 1.29 is 37.7 Å². The van der Waals surface area contributed by atoms with Crippen molar-refractivity contribution in [2.75, 3.05) is 0 Å². The van der Waals surface area contributed by atoms with E-state index in [2.05, 4.69) is 40.7 Å². The minimum absolute atomic E-state index is 0.0334. The second-order valence-electron chi connectivity index (χ2n) is 14.5. The van der Waals surface area contributed by atoms with E-state index in [9.17, 15) is 14.4 Å². The van der Waals surface area contributed by atoms with Gasteiger partial charge < -0.3 is 23.4 Å². The minimum atomic E-state index is -0.511. The van der Waals surface area contributed by atoms with Gasteiger partial charge in [0.25, 0.3) is 0 Å². The molecule has 1 saturated heterocycles. The van der Waals surface area contributed by atoms with Gasteiger partial charge in [0.05, 0.1) is 18.6 Å². The van der Waals surface area contributed by atoms with E-state index in [0.717, 1.165) is 19.3 Å². The van der Waals surface area contributed by atoms with Crippen LogP contribution in [0, 0.1) is 33.5 Å². The van der Waals surface area contributed by atoms with Crippen LogP contribution in [0.5, 0.6) is 0 Å². The third-order valence-electron chi connectivity index (χ3n) is 12.6. The molecule has 2 heterocycles. The van der Waals surface area contributed by atoms with E-state index in [0.29, 0.717) is 12.8 Å². The Morgan fingerprint density at radius 2 is 1.45 bits per heavy atom. The molecule has 1 unspecified atom stereocenters. The van der Waals surface area contributed by atoms with Gasteiger partial charge in [-0.3, -0.25) is 14.4 Å². The van der Waals surface area contributed by atoms with Gasteiger partial charge in [-0.1, -0.05) is 34.6 Å². The average molecular weight is 557 g/mol. The van der Waals surface area contributed by atoms with E-state index < -0.39 is 40.2 Å². The molecule has 1 aromatic rings. The number of rotatable bonds is 4. The van der Waals surface area contributed by atoms with Crippen molar-refractivity contribution in [1.82, 2.24) is 0 Å². The summed E-state index contributed by atoms with van der Waals surface area (Å²) in [7, 11) is 0. The number of fused-ring (bicyclic) bond motifs is 3. The third kappa shape index (κ3) is 3.31. The summed E-state index contributed by atoms with van der Waals surface area (Å²) in [6.45, 7) is 15.5. The first-order chi connectivity index (χ1) is 18.6. The standard InChI is InChI=1S/C32H44O8/c1-17(33)37-24-15-25(38-18(2)34)30(7)22-9-11-29(6)21(20-10-12-36-16-20)13-27-32(29,40-27)31(22,8)26(39-19(3)35)14-23(30)28(24,4)5/h10,12,16,21-27H,9,11,13-15H2,1-8H3/t21-,22?,23-,24+,25-,26-,27+,29-,30+,31-,32+/m0/s1. The number of hydrogen-bond donors (Lipinski definition) is 0. The van der Waals surface area contributed by atoms with Crippen molar-refractivity contribution in [3.63, 3.8) is 0 Å². The summed E-state index contributed by atoms with van der Waals surface area (Å²) in [5, 5.41) is 0. The number of carbonyl (C=O) groups is 3. The van der Waals surface area contributed by atoms with Gasteiger partial charge in [-0.2, -0.15) is 0 Å². The van der Waals surface area contributed by atoms with E-state index in [-0.39, 0.29) is 47.2 Å². The van der Waals surface area contributed by atoms with Crippen LogP contribution >= 0.6 is 0 Å². The third-order valence-corrected chi connectivity index (χ3v) is 12.6. The topological polar surface area (TPSA) is 105 Å². The fraction of sp³-hybridized carbons (Fsp3) is 0.781. The normalized spacial score (nSPS) is 48.0. The number of esters is 3. The summed E-state index contributed by atoms with van der Waals surface area (Å²) >= 11 is 0. The molecule has 0 N–H and O–H groups in total. The van der Waals surface area contributed by atoms with Crippen LogP contribution in [0.25, 0.3) is 0 Å². The monoisotopic (exact) mass is 556 g/mol. The molecule has 6 rings (SSSR count). The first-order valence-corrected chi connectivity index (χ1v) is 14.9. The number of epoxide rings is 1. The summed E-state index contributed by atoms with van der Waals surface area (Å²) < 4.78 is 30.7. The summed E-state index contributed by atoms with van der Waals surface area (Å²) in [4.78, 5) is 37.4. The highest BCUT2D eigenvalue weighted by Crippen LogP contribution is 2.83. The molecular weight excluding hydrogens is 512 g/mol. The van der Waals surface area contributed by atoms with Gasteiger partial charge in [0.2, 0.25) is 0 Å². The molecule has 0 radical (unpaired) electrons. The van der Waals surface area contributed by atoms with E-state index in [4.69, 9.17) is 23.4 Å². The van der Waals surface area contributed by atoms with Crippen LogP contribution in [0.2, 0.25) is 0 Å². The second-order valence-corrected chi connectivity index (χ2v) is 14.5. The van der Waals surface area contributed by atoms with E-state index in [1.807, 2.05) is 6.26 Å². The van der Waals surface area contributed by atoms with Gasteiger partial charge in [0.1, 0.15) is 23.9 Å². The number of furan rings is 1. The molecule has 0 bridgehead atoms. The van der Waals surface area contributed by atoms with Gasteiger partial charge in [0, 0.05) is 48.9 Å². The molecule has 5 aliphatic rings. The molecule has 0 amide bonds. The highest BCUT2D eigenvalue weighted by Gasteiger charge is 2.88. The zero-order valence-corrected chi connectivity index (χ0v) is 25.1. The molecule has 5 fully saturated rings. The first-order valence-electron chi connectivity index (χ1n) is 14.9. The Hall–Kier alpha value is -2.35. The van der Waals surface area contributed by atoms with E-state index in [1.165, 1.54) is 26.3 Å². The van der Waals surface area contributed by atoms with Crippen LogP contribution in [0.15, 0.2) is 23.0 Å². The van der Waals surface area contributed by atoms with Crippen LogP contribution in [-0.4, -0.2) is 47.9 Å². The highest BCUT2D eigenvalue weighted by atomic mass is 16.6. The zero-order valence-electron chi connectivity index (χ0n) is 25.1. The molecule has 220 valence electrons. The molecule has 8 heteroatoms. The van der Waals surface area contributed by atoms with Gasteiger partial charge in [-0.25, -0.2) is 0 Å². The van der Waals surface area contributed by atoms with Crippen molar-refractivity contribution in [2.24, 2.45) is 33.5 Å². The van der Waals surface area contributed by atoms with Crippen molar-refractivity contribution in [2.45, 2.75) is 123 Å². The van der Waals surface area contributed by atoms with Gasteiger partial charge in [-0.05, 0) is 55.1 Å². The van der Waals surface area contributed by atoms with Crippen LogP contribution in [0.3, 0.4) is 0 Å². The lowest BCUT2D eigenvalue weighted by molar-refractivity contribution is -0.289. The SMILES string of the molecule is CC(=O)O[C@H]1C[C@@H](OC(C)=O)C(C)(C)[C@@H]2C[C@H](OC(C)=O)[C@]3(C)C(CC[C@@]4(C)[C@H](c5ccoc5)C[C@H]5O[C@]543)[C@@]12C. The molecule has 8 nitrogen and oxygen atoms in total. The molecule has 4 saturated carbocycles. The average Bonchev–Trinajstić information content (AvgIpc) is 3.20. The molecular formula is C32H44O8. The largest absolute Gasteiger partial charge is 0.472 e. The van der Waals surface area contributed by atoms with E-state index in [1.54, 1.807) is 6.26 Å². The number of hydrogen-bond acceptors (Lipinski definition) is 8. The van der Waals surface area contributed by atoms with Crippen molar-refractivity contribution in [1.29, 1.82) is 0 Å². The molecule has 0 aromatic carbocycles. The summed E-state index contributed by atoms with van der Waals surface area (Å²) in [6.07, 6.45) is 6.14. The molecule has 1 aliphatic heterocycles. The quantitative estimate of drug-likeness (QED) is 0.269. The maximum atomic E-state index is 12.7. The minimum Gasteiger partial charge on any atom is -0.472 e. The summed E-state index contributed by atoms with van der Waals surface area (Å²) in [5.74, 6) is -0.694. The summed E-state index contributed by atoms with van der Waals surface area (Å²) in [5.41, 5.74) is -0.842. The van der Waals surface area contributed by atoms with E-state index >= 15 is 0 Å². The molecule has 1 spiro atoms. The Morgan fingerprint density at radius 1 is 0.825 bits per heavy atom. The maximum absolute atomic E-state index is 12.7. The van der Waals surface area contributed by atoms with Crippen LogP contribution < -0.4 is 0 Å². The van der Waals surface area contributed by atoms with Crippen molar-refractivity contribution >= 4 is 17.9 Å². The molecule has 4 aliphatic carbocycles. The lowest BCUT2D eigenvalue weighted by Gasteiger charge is -2.70.